The Morgan fingerprint density at radius 1 is 1.32 bits per heavy atom. The van der Waals surface area contributed by atoms with Crippen LogP contribution < -0.4 is 0 Å². The second kappa shape index (κ2) is 5.81. The maximum Gasteiger partial charge on any atom is 0.328 e. The Labute approximate surface area is 123 Å². The van der Waals surface area contributed by atoms with E-state index in [2.05, 4.69) is 0 Å². The first-order valence-corrected chi connectivity index (χ1v) is 6.49. The van der Waals surface area contributed by atoms with Crippen LogP contribution in [0.3, 0.4) is 0 Å². The van der Waals surface area contributed by atoms with E-state index in [0.717, 1.165) is 5.56 Å². The van der Waals surface area contributed by atoms with Crippen LogP contribution in [0.1, 0.15) is 37.8 Å². The predicted octanol–water partition coefficient (Wildman–Crippen LogP) is 4.25. The van der Waals surface area contributed by atoms with Gasteiger partial charge in [-0.2, -0.15) is 5.26 Å². The van der Waals surface area contributed by atoms with Crippen LogP contribution >= 0.6 is 23.2 Å². The number of hydrogen-bond donors (Lipinski definition) is 0. The molecule has 19 heavy (non-hydrogen) atoms. The van der Waals surface area contributed by atoms with Crippen molar-refractivity contribution in [3.8, 4) is 6.07 Å². The third-order valence-electron chi connectivity index (χ3n) is 2.28. The van der Waals surface area contributed by atoms with Gasteiger partial charge in [-0.25, -0.2) is 0 Å². The molecule has 3 nitrogen and oxygen atoms in total. The van der Waals surface area contributed by atoms with E-state index in [1.54, 1.807) is 32.9 Å². The minimum absolute atomic E-state index is 0.294. The van der Waals surface area contributed by atoms with Crippen molar-refractivity contribution < 1.29 is 9.53 Å². The van der Waals surface area contributed by atoms with Gasteiger partial charge in [0.2, 0.25) is 0 Å². The highest BCUT2D eigenvalue weighted by Gasteiger charge is 2.30. The Hall–Kier alpha value is -1.24. The molecule has 0 amide bonds. The minimum atomic E-state index is -1.13. The zero-order valence-corrected chi connectivity index (χ0v) is 12.8. The van der Waals surface area contributed by atoms with E-state index in [0.29, 0.717) is 15.6 Å². The molecule has 0 aliphatic carbocycles. The Morgan fingerprint density at radius 3 is 2.16 bits per heavy atom. The van der Waals surface area contributed by atoms with Crippen molar-refractivity contribution in [3.05, 3.63) is 33.3 Å². The lowest BCUT2D eigenvalue weighted by atomic mass is 9.99. The quantitative estimate of drug-likeness (QED) is 0.767. The summed E-state index contributed by atoms with van der Waals surface area (Å²) in [5, 5.41) is 9.78. The van der Waals surface area contributed by atoms with Crippen LogP contribution in [0.25, 0.3) is 0 Å². The van der Waals surface area contributed by atoms with Crippen LogP contribution in [0, 0.1) is 18.3 Å². The summed E-state index contributed by atoms with van der Waals surface area (Å²) in [6.45, 7) is 7.03. The molecule has 1 atom stereocenters. The van der Waals surface area contributed by atoms with Gasteiger partial charge < -0.3 is 4.74 Å². The van der Waals surface area contributed by atoms with Gasteiger partial charge in [0.1, 0.15) is 5.60 Å². The fourth-order valence-electron chi connectivity index (χ4n) is 1.58. The Bertz CT molecular complexity index is 518. The number of nitrogens with zero attached hydrogens (tertiary/aromatic N) is 1. The molecule has 102 valence electrons. The molecule has 0 saturated carbocycles. The molecular weight excluding hydrogens is 285 g/mol. The Morgan fingerprint density at radius 2 is 1.79 bits per heavy atom. The van der Waals surface area contributed by atoms with Gasteiger partial charge in [-0.3, -0.25) is 4.79 Å². The van der Waals surface area contributed by atoms with E-state index in [1.165, 1.54) is 0 Å². The molecule has 0 N–H and O–H groups in total. The summed E-state index contributed by atoms with van der Waals surface area (Å²) < 4.78 is 5.21. The number of rotatable bonds is 2. The van der Waals surface area contributed by atoms with Gasteiger partial charge in [0.05, 0.1) is 6.07 Å². The van der Waals surface area contributed by atoms with Crippen molar-refractivity contribution in [1.82, 2.24) is 0 Å². The average molecular weight is 300 g/mol. The number of aryl methyl sites for hydroxylation is 1. The minimum Gasteiger partial charge on any atom is -0.459 e. The molecule has 1 rings (SSSR count). The lowest BCUT2D eigenvalue weighted by Gasteiger charge is -2.22. The van der Waals surface area contributed by atoms with Crippen LogP contribution in [0.2, 0.25) is 10.0 Å². The number of benzene rings is 1. The molecular formula is C14H15Cl2NO2. The molecule has 0 heterocycles. The molecule has 0 saturated heterocycles. The SMILES string of the molecule is Cc1cc(Cl)c(C(C#N)C(=O)OC(C)(C)C)c(Cl)c1. The zero-order chi connectivity index (χ0) is 14.8. The highest BCUT2D eigenvalue weighted by Crippen LogP contribution is 2.34. The maximum absolute atomic E-state index is 12.0. The normalized spacial score (nSPS) is 12.7. The van der Waals surface area contributed by atoms with Gasteiger partial charge in [-0.1, -0.05) is 23.2 Å². The summed E-state index contributed by atoms with van der Waals surface area (Å²) in [7, 11) is 0. The number of esters is 1. The van der Waals surface area contributed by atoms with Crippen molar-refractivity contribution in [1.29, 1.82) is 5.26 Å². The molecule has 0 aliphatic heterocycles. The van der Waals surface area contributed by atoms with E-state index in [1.807, 2.05) is 13.0 Å². The van der Waals surface area contributed by atoms with Crippen molar-refractivity contribution in [2.75, 3.05) is 0 Å². The first-order valence-electron chi connectivity index (χ1n) is 5.73. The molecule has 5 heteroatoms. The predicted molar refractivity (Wildman–Crippen MR) is 75.4 cm³/mol. The lowest BCUT2D eigenvalue weighted by molar-refractivity contribution is -0.155. The van der Waals surface area contributed by atoms with Crippen LogP contribution in [-0.2, 0) is 9.53 Å². The summed E-state index contributed by atoms with van der Waals surface area (Å²) >= 11 is 12.2. The molecule has 0 radical (unpaired) electrons. The highest BCUT2D eigenvalue weighted by molar-refractivity contribution is 6.36. The topological polar surface area (TPSA) is 50.1 Å². The van der Waals surface area contributed by atoms with Gasteiger partial charge in [0, 0.05) is 15.6 Å². The van der Waals surface area contributed by atoms with E-state index in [4.69, 9.17) is 27.9 Å². The first kappa shape index (κ1) is 15.8. The van der Waals surface area contributed by atoms with E-state index < -0.39 is 17.5 Å². The summed E-state index contributed by atoms with van der Waals surface area (Å²) in [5.41, 5.74) is 0.487. The average Bonchev–Trinajstić information content (AvgIpc) is 2.20. The first-order chi connectivity index (χ1) is 8.65. The molecule has 0 aromatic heterocycles. The molecule has 0 aliphatic rings. The van der Waals surface area contributed by atoms with Crippen molar-refractivity contribution >= 4 is 29.2 Å². The van der Waals surface area contributed by atoms with Gasteiger partial charge in [-0.05, 0) is 45.4 Å². The summed E-state index contributed by atoms with van der Waals surface area (Å²) in [6.07, 6.45) is 0. The number of halogens is 2. The fraction of sp³-hybridized carbons (Fsp3) is 0.429. The van der Waals surface area contributed by atoms with E-state index in [-0.39, 0.29) is 0 Å². The summed E-state index contributed by atoms with van der Waals surface area (Å²) in [6, 6.07) is 5.23. The number of carbonyl (C=O) groups excluding carboxylic acids is 1. The van der Waals surface area contributed by atoms with Gasteiger partial charge >= 0.3 is 5.97 Å². The highest BCUT2D eigenvalue weighted by atomic mass is 35.5. The monoisotopic (exact) mass is 299 g/mol. The molecule has 0 spiro atoms. The van der Waals surface area contributed by atoms with Gasteiger partial charge in [0.15, 0.2) is 5.92 Å². The maximum atomic E-state index is 12.0. The van der Waals surface area contributed by atoms with E-state index in [9.17, 15) is 10.1 Å². The number of nitriles is 1. The summed E-state index contributed by atoms with van der Waals surface area (Å²) in [5.74, 6) is -1.78. The third kappa shape index (κ3) is 4.12. The fourth-order valence-corrected chi connectivity index (χ4v) is 2.40. The number of ether oxygens (including phenoxy) is 1. The standard InChI is InChI=1S/C14H15Cl2NO2/c1-8-5-10(15)12(11(16)6-8)9(7-17)13(18)19-14(2,3)4/h5-6,9H,1-4H3. The van der Waals surface area contributed by atoms with Crippen LogP contribution in [0.5, 0.6) is 0 Å². The smallest absolute Gasteiger partial charge is 0.328 e. The Balaban J connectivity index is 3.19. The number of carbonyl (C=O) groups is 1. The third-order valence-corrected chi connectivity index (χ3v) is 2.91. The number of hydrogen-bond acceptors (Lipinski definition) is 3. The zero-order valence-electron chi connectivity index (χ0n) is 11.3. The Kier molecular flexibility index (Phi) is 4.84. The van der Waals surface area contributed by atoms with Crippen LogP contribution in [0.4, 0.5) is 0 Å². The van der Waals surface area contributed by atoms with Crippen LogP contribution in [-0.4, -0.2) is 11.6 Å². The molecule has 0 fully saturated rings. The lowest BCUT2D eigenvalue weighted by Crippen LogP contribution is -2.27. The largest absolute Gasteiger partial charge is 0.459 e. The molecule has 1 aromatic carbocycles. The summed E-state index contributed by atoms with van der Waals surface area (Å²) in [4.78, 5) is 12.0. The van der Waals surface area contributed by atoms with E-state index >= 15 is 0 Å². The molecule has 1 unspecified atom stereocenters. The van der Waals surface area contributed by atoms with Gasteiger partial charge in [0.25, 0.3) is 0 Å². The van der Waals surface area contributed by atoms with Crippen LogP contribution in [0.15, 0.2) is 12.1 Å². The second-order valence-electron chi connectivity index (χ2n) is 5.24. The second-order valence-corrected chi connectivity index (χ2v) is 6.05. The van der Waals surface area contributed by atoms with Crippen molar-refractivity contribution in [2.24, 2.45) is 0 Å². The van der Waals surface area contributed by atoms with Gasteiger partial charge in [-0.15, -0.1) is 0 Å². The van der Waals surface area contributed by atoms with Crippen molar-refractivity contribution in [2.45, 2.75) is 39.2 Å². The molecule has 0 bridgehead atoms. The molecule has 1 aromatic rings. The van der Waals surface area contributed by atoms with Crippen molar-refractivity contribution in [3.63, 3.8) is 0 Å².